The lowest BCUT2D eigenvalue weighted by Crippen LogP contribution is -1.98. The fourth-order valence-electron chi connectivity index (χ4n) is 2.37. The summed E-state index contributed by atoms with van der Waals surface area (Å²) in [6.07, 6.45) is 3.17. The fraction of sp³-hybridized carbons (Fsp3) is 0.211. The molecule has 0 radical (unpaired) electrons. The monoisotopic (exact) mass is 296 g/mol. The SMILES string of the molecule is CCOC(=O)/C=C/c1cc(C)c(-c2ccccc2)c(OC)c1. The van der Waals surface area contributed by atoms with Crippen LogP contribution < -0.4 is 4.74 Å². The molecule has 114 valence electrons. The van der Waals surface area contributed by atoms with E-state index >= 15 is 0 Å². The van der Waals surface area contributed by atoms with E-state index in [0.29, 0.717) is 6.61 Å². The largest absolute Gasteiger partial charge is 0.496 e. The summed E-state index contributed by atoms with van der Waals surface area (Å²) in [4.78, 5) is 11.4. The second-order valence-corrected chi connectivity index (χ2v) is 4.87. The minimum Gasteiger partial charge on any atom is -0.496 e. The van der Waals surface area contributed by atoms with Crippen LogP contribution in [0.1, 0.15) is 18.1 Å². The highest BCUT2D eigenvalue weighted by Crippen LogP contribution is 2.34. The molecule has 0 spiro atoms. The van der Waals surface area contributed by atoms with Crippen LogP contribution in [0.3, 0.4) is 0 Å². The van der Waals surface area contributed by atoms with Crippen LogP contribution in [-0.4, -0.2) is 19.7 Å². The summed E-state index contributed by atoms with van der Waals surface area (Å²) in [6.45, 7) is 4.19. The number of ether oxygens (including phenoxy) is 2. The van der Waals surface area contributed by atoms with Crippen molar-refractivity contribution in [2.24, 2.45) is 0 Å². The molecule has 0 aliphatic heterocycles. The van der Waals surface area contributed by atoms with Crippen LogP contribution in [0.2, 0.25) is 0 Å². The highest BCUT2D eigenvalue weighted by atomic mass is 16.5. The molecule has 0 heterocycles. The van der Waals surface area contributed by atoms with E-state index in [-0.39, 0.29) is 5.97 Å². The Morgan fingerprint density at radius 1 is 1.18 bits per heavy atom. The number of benzene rings is 2. The zero-order chi connectivity index (χ0) is 15.9. The molecule has 0 unspecified atom stereocenters. The van der Waals surface area contributed by atoms with Crippen molar-refractivity contribution in [1.82, 2.24) is 0 Å². The van der Waals surface area contributed by atoms with Crippen LogP contribution in [0.15, 0.2) is 48.5 Å². The van der Waals surface area contributed by atoms with Gasteiger partial charge in [-0.05, 0) is 42.7 Å². The molecule has 3 heteroatoms. The molecule has 0 atom stereocenters. The summed E-state index contributed by atoms with van der Waals surface area (Å²) in [7, 11) is 1.65. The van der Waals surface area contributed by atoms with Crippen molar-refractivity contribution in [3.63, 3.8) is 0 Å². The number of methoxy groups -OCH3 is 1. The molecule has 0 aliphatic carbocycles. The Morgan fingerprint density at radius 3 is 2.55 bits per heavy atom. The van der Waals surface area contributed by atoms with Gasteiger partial charge in [0, 0.05) is 11.6 Å². The zero-order valence-electron chi connectivity index (χ0n) is 13.1. The van der Waals surface area contributed by atoms with E-state index in [4.69, 9.17) is 9.47 Å². The van der Waals surface area contributed by atoms with Crippen LogP contribution >= 0.6 is 0 Å². The molecule has 0 saturated carbocycles. The predicted octanol–water partition coefficient (Wildman–Crippen LogP) is 4.25. The van der Waals surface area contributed by atoms with E-state index in [9.17, 15) is 4.79 Å². The van der Waals surface area contributed by atoms with Crippen LogP contribution in [0.4, 0.5) is 0 Å². The number of aryl methyl sites for hydroxylation is 1. The second kappa shape index (κ2) is 7.46. The van der Waals surface area contributed by atoms with E-state index in [1.54, 1.807) is 20.1 Å². The molecule has 0 saturated heterocycles. The molecule has 3 nitrogen and oxygen atoms in total. The lowest BCUT2D eigenvalue weighted by Gasteiger charge is -2.13. The summed E-state index contributed by atoms with van der Waals surface area (Å²) in [6, 6.07) is 14.1. The first-order chi connectivity index (χ1) is 10.7. The predicted molar refractivity (Wildman–Crippen MR) is 88.8 cm³/mol. The summed E-state index contributed by atoms with van der Waals surface area (Å²) in [5, 5.41) is 0. The van der Waals surface area contributed by atoms with Gasteiger partial charge < -0.3 is 9.47 Å². The first-order valence-electron chi connectivity index (χ1n) is 7.24. The third-order valence-corrected chi connectivity index (χ3v) is 3.30. The Labute approximate surface area is 131 Å². The Kier molecular flexibility index (Phi) is 5.37. The average molecular weight is 296 g/mol. The Morgan fingerprint density at radius 2 is 1.91 bits per heavy atom. The lowest BCUT2D eigenvalue weighted by molar-refractivity contribution is -0.137. The Balaban J connectivity index is 2.38. The van der Waals surface area contributed by atoms with Gasteiger partial charge in [-0.1, -0.05) is 36.4 Å². The number of carbonyl (C=O) groups excluding carboxylic acids is 1. The van der Waals surface area contributed by atoms with E-state index in [1.165, 1.54) is 6.08 Å². The van der Waals surface area contributed by atoms with Crippen molar-refractivity contribution in [1.29, 1.82) is 0 Å². The third-order valence-electron chi connectivity index (χ3n) is 3.30. The van der Waals surface area contributed by atoms with Crippen molar-refractivity contribution in [2.75, 3.05) is 13.7 Å². The molecule has 0 N–H and O–H groups in total. The topological polar surface area (TPSA) is 35.5 Å². The van der Waals surface area contributed by atoms with Crippen molar-refractivity contribution in [2.45, 2.75) is 13.8 Å². The summed E-state index contributed by atoms with van der Waals surface area (Å²) in [5.74, 6) is 0.445. The highest BCUT2D eigenvalue weighted by molar-refractivity contribution is 5.87. The van der Waals surface area contributed by atoms with Gasteiger partial charge in [0.05, 0.1) is 13.7 Å². The fourth-order valence-corrected chi connectivity index (χ4v) is 2.37. The first kappa shape index (κ1) is 15.8. The molecule has 0 bridgehead atoms. The van der Waals surface area contributed by atoms with Crippen molar-refractivity contribution in [3.05, 3.63) is 59.7 Å². The maximum atomic E-state index is 11.4. The maximum absolute atomic E-state index is 11.4. The molecular formula is C19H20O3. The summed E-state index contributed by atoms with van der Waals surface area (Å²) in [5.41, 5.74) is 4.17. The zero-order valence-corrected chi connectivity index (χ0v) is 13.1. The van der Waals surface area contributed by atoms with Gasteiger partial charge in [-0.2, -0.15) is 0 Å². The lowest BCUT2D eigenvalue weighted by atomic mass is 9.97. The number of carbonyl (C=O) groups is 1. The Bertz CT molecular complexity index is 673. The maximum Gasteiger partial charge on any atom is 0.330 e. The normalized spacial score (nSPS) is 10.7. The van der Waals surface area contributed by atoms with Crippen molar-refractivity contribution >= 4 is 12.0 Å². The van der Waals surface area contributed by atoms with Gasteiger partial charge in [0.2, 0.25) is 0 Å². The van der Waals surface area contributed by atoms with Crippen LogP contribution in [0.25, 0.3) is 17.2 Å². The summed E-state index contributed by atoms with van der Waals surface area (Å²) < 4.78 is 10.4. The minimum atomic E-state index is -0.341. The molecule has 2 aromatic carbocycles. The molecule has 0 fully saturated rings. The van der Waals surface area contributed by atoms with Gasteiger partial charge >= 0.3 is 5.97 Å². The van der Waals surface area contributed by atoms with Gasteiger partial charge in [-0.15, -0.1) is 0 Å². The summed E-state index contributed by atoms with van der Waals surface area (Å²) >= 11 is 0. The number of hydrogen-bond donors (Lipinski definition) is 0. The number of hydrogen-bond acceptors (Lipinski definition) is 3. The molecule has 0 aliphatic rings. The molecule has 0 amide bonds. The van der Waals surface area contributed by atoms with Gasteiger partial charge in [-0.25, -0.2) is 4.79 Å². The van der Waals surface area contributed by atoms with Gasteiger partial charge in [0.25, 0.3) is 0 Å². The van der Waals surface area contributed by atoms with Gasteiger partial charge in [-0.3, -0.25) is 0 Å². The van der Waals surface area contributed by atoms with E-state index in [1.807, 2.05) is 37.3 Å². The third kappa shape index (κ3) is 3.76. The van der Waals surface area contributed by atoms with Crippen molar-refractivity contribution in [3.8, 4) is 16.9 Å². The van der Waals surface area contributed by atoms with Crippen molar-refractivity contribution < 1.29 is 14.3 Å². The molecule has 22 heavy (non-hydrogen) atoms. The second-order valence-electron chi connectivity index (χ2n) is 4.87. The molecular weight excluding hydrogens is 276 g/mol. The number of esters is 1. The van der Waals surface area contributed by atoms with E-state index < -0.39 is 0 Å². The van der Waals surface area contributed by atoms with Crippen LogP contribution in [-0.2, 0) is 9.53 Å². The van der Waals surface area contributed by atoms with E-state index in [0.717, 1.165) is 28.0 Å². The van der Waals surface area contributed by atoms with E-state index in [2.05, 4.69) is 12.1 Å². The average Bonchev–Trinajstić information content (AvgIpc) is 2.53. The Hall–Kier alpha value is -2.55. The molecule has 2 aromatic rings. The standard InChI is InChI=1S/C19H20O3/c1-4-22-18(20)11-10-15-12-14(2)19(17(13-15)21-3)16-8-6-5-7-9-16/h5-13H,4H2,1-3H3/b11-10+. The van der Waals surface area contributed by atoms with Crippen LogP contribution in [0.5, 0.6) is 5.75 Å². The quantitative estimate of drug-likeness (QED) is 0.611. The number of rotatable bonds is 5. The minimum absolute atomic E-state index is 0.341. The molecule has 0 aromatic heterocycles. The van der Waals surface area contributed by atoms with Crippen LogP contribution in [0, 0.1) is 6.92 Å². The van der Waals surface area contributed by atoms with Gasteiger partial charge in [0.1, 0.15) is 5.75 Å². The smallest absolute Gasteiger partial charge is 0.330 e. The highest BCUT2D eigenvalue weighted by Gasteiger charge is 2.10. The first-order valence-corrected chi connectivity index (χ1v) is 7.24. The molecule has 2 rings (SSSR count). The van der Waals surface area contributed by atoms with Gasteiger partial charge in [0.15, 0.2) is 0 Å².